The highest BCUT2D eigenvalue weighted by Crippen LogP contribution is 2.35. The van der Waals surface area contributed by atoms with Gasteiger partial charge < -0.3 is 5.73 Å². The summed E-state index contributed by atoms with van der Waals surface area (Å²) in [6, 6.07) is 48.8. The molecule has 3 heteroatoms. The molecule has 1 heterocycles. The summed E-state index contributed by atoms with van der Waals surface area (Å²) >= 11 is 0. The first-order chi connectivity index (χ1) is 21.7. The molecule has 0 radical (unpaired) electrons. The van der Waals surface area contributed by atoms with Gasteiger partial charge in [-0.1, -0.05) is 133 Å². The molecule has 6 aromatic carbocycles. The van der Waals surface area contributed by atoms with Crippen LogP contribution in [-0.2, 0) is 0 Å². The van der Waals surface area contributed by atoms with Gasteiger partial charge in [-0.25, -0.2) is 9.97 Å². The Hall–Kier alpha value is -5.80. The molecule has 0 aliphatic heterocycles. The van der Waals surface area contributed by atoms with Crippen molar-refractivity contribution in [3.8, 4) is 45.0 Å². The molecule has 0 bridgehead atoms. The fourth-order valence-electron chi connectivity index (χ4n) is 5.89. The molecule has 0 atom stereocenters. The van der Waals surface area contributed by atoms with Gasteiger partial charge in [0.05, 0.1) is 11.4 Å². The van der Waals surface area contributed by atoms with E-state index in [-0.39, 0.29) is 0 Å². The van der Waals surface area contributed by atoms with Crippen LogP contribution in [0.4, 0.5) is 0 Å². The molecule has 7 rings (SSSR count). The normalized spacial score (nSPS) is 11.9. The number of hydrogen-bond acceptors (Lipinski definition) is 3. The number of benzene rings is 6. The average Bonchev–Trinajstić information content (AvgIpc) is 3.10. The third-order valence-corrected chi connectivity index (χ3v) is 8.04. The summed E-state index contributed by atoms with van der Waals surface area (Å²) in [5.74, 6) is 0.707. The van der Waals surface area contributed by atoms with Crippen molar-refractivity contribution in [2.75, 3.05) is 0 Å². The molecule has 0 spiro atoms. The average molecular weight is 566 g/mol. The molecule has 3 nitrogen and oxygen atoms in total. The van der Waals surface area contributed by atoms with Gasteiger partial charge in [0.2, 0.25) is 0 Å². The zero-order chi connectivity index (χ0) is 29.9. The van der Waals surface area contributed by atoms with Gasteiger partial charge in [-0.15, -0.1) is 0 Å². The molecule has 0 amide bonds. The summed E-state index contributed by atoms with van der Waals surface area (Å²) in [5, 5.41) is 4.64. The summed E-state index contributed by atoms with van der Waals surface area (Å²) < 4.78 is 0. The molecule has 0 fully saturated rings. The van der Waals surface area contributed by atoms with E-state index >= 15 is 0 Å². The minimum atomic E-state index is 0.707. The first-order valence-corrected chi connectivity index (χ1v) is 14.8. The molecular formula is C41H31N3. The predicted octanol–water partition coefficient (Wildman–Crippen LogP) is 10.3. The first kappa shape index (κ1) is 27.1. The summed E-state index contributed by atoms with van der Waals surface area (Å²) in [4.78, 5) is 10.4. The fraction of sp³-hybridized carbons (Fsp3) is 0.0244. The highest BCUT2D eigenvalue weighted by atomic mass is 14.9. The Bertz CT molecular complexity index is 2100. The molecule has 44 heavy (non-hydrogen) atoms. The summed E-state index contributed by atoms with van der Waals surface area (Å²) in [6.07, 6.45) is 5.68. The molecule has 2 N–H and O–H groups in total. The molecule has 7 aromatic rings. The van der Waals surface area contributed by atoms with Gasteiger partial charge in [-0.3, -0.25) is 0 Å². The zero-order valence-corrected chi connectivity index (χ0v) is 24.5. The second-order valence-corrected chi connectivity index (χ2v) is 10.8. The molecule has 0 unspecified atom stereocenters. The molecule has 0 saturated carbocycles. The van der Waals surface area contributed by atoms with Crippen molar-refractivity contribution in [2.45, 2.75) is 6.92 Å². The molecule has 0 saturated heterocycles. The SMILES string of the molecule is C/C=C\C(=C/N)c1cccc(-c2cccc(-c3cc(-c4cccc5ccccc45)nc(-c4cccc5ccccc45)n3)c2)c1. The van der Waals surface area contributed by atoms with Gasteiger partial charge in [0.1, 0.15) is 0 Å². The van der Waals surface area contributed by atoms with Gasteiger partial charge in [-0.2, -0.15) is 0 Å². The van der Waals surface area contributed by atoms with Crippen LogP contribution < -0.4 is 5.73 Å². The van der Waals surface area contributed by atoms with Crippen LogP contribution in [0.2, 0.25) is 0 Å². The van der Waals surface area contributed by atoms with E-state index < -0.39 is 0 Å². The largest absolute Gasteiger partial charge is 0.404 e. The van der Waals surface area contributed by atoms with E-state index in [9.17, 15) is 0 Å². The number of nitrogens with two attached hydrogens (primary N) is 1. The van der Waals surface area contributed by atoms with E-state index in [1.165, 1.54) is 10.8 Å². The van der Waals surface area contributed by atoms with E-state index in [1.54, 1.807) is 6.20 Å². The number of allylic oxidation sites excluding steroid dienone is 3. The number of hydrogen-bond donors (Lipinski definition) is 1. The lowest BCUT2D eigenvalue weighted by Gasteiger charge is -2.13. The lowest BCUT2D eigenvalue weighted by atomic mass is 9.96. The van der Waals surface area contributed by atoms with Crippen LogP contribution in [0.5, 0.6) is 0 Å². The van der Waals surface area contributed by atoms with Crippen molar-refractivity contribution < 1.29 is 0 Å². The lowest BCUT2D eigenvalue weighted by Crippen LogP contribution is -1.97. The van der Waals surface area contributed by atoms with Crippen molar-refractivity contribution in [3.63, 3.8) is 0 Å². The Balaban J connectivity index is 1.42. The van der Waals surface area contributed by atoms with E-state index in [0.29, 0.717) is 5.82 Å². The Morgan fingerprint density at radius 1 is 0.545 bits per heavy atom. The van der Waals surface area contributed by atoms with Crippen molar-refractivity contribution in [3.05, 3.63) is 163 Å². The lowest BCUT2D eigenvalue weighted by molar-refractivity contribution is 1.19. The topological polar surface area (TPSA) is 51.8 Å². The van der Waals surface area contributed by atoms with Crippen molar-refractivity contribution in [2.24, 2.45) is 5.73 Å². The van der Waals surface area contributed by atoms with Gasteiger partial charge in [-0.05, 0) is 68.9 Å². The highest BCUT2D eigenvalue weighted by Gasteiger charge is 2.15. The van der Waals surface area contributed by atoms with Crippen molar-refractivity contribution in [1.29, 1.82) is 0 Å². The van der Waals surface area contributed by atoms with E-state index in [2.05, 4.69) is 140 Å². The van der Waals surface area contributed by atoms with Crippen LogP contribution in [0.1, 0.15) is 12.5 Å². The maximum atomic E-state index is 5.95. The smallest absolute Gasteiger partial charge is 0.161 e. The minimum Gasteiger partial charge on any atom is -0.404 e. The molecule has 210 valence electrons. The highest BCUT2D eigenvalue weighted by molar-refractivity contribution is 5.98. The van der Waals surface area contributed by atoms with Crippen LogP contribution in [0, 0.1) is 0 Å². The van der Waals surface area contributed by atoms with Crippen LogP contribution in [-0.4, -0.2) is 9.97 Å². The van der Waals surface area contributed by atoms with Crippen molar-refractivity contribution in [1.82, 2.24) is 9.97 Å². The third kappa shape index (κ3) is 5.16. The summed E-state index contributed by atoms with van der Waals surface area (Å²) in [7, 11) is 0. The number of rotatable bonds is 6. The van der Waals surface area contributed by atoms with Crippen LogP contribution >= 0.6 is 0 Å². The second-order valence-electron chi connectivity index (χ2n) is 10.8. The van der Waals surface area contributed by atoms with Gasteiger partial charge in [0, 0.05) is 22.9 Å². The Labute approximate surface area is 257 Å². The first-order valence-electron chi connectivity index (χ1n) is 14.8. The maximum Gasteiger partial charge on any atom is 0.161 e. The van der Waals surface area contributed by atoms with E-state index in [4.69, 9.17) is 15.7 Å². The molecule has 0 aliphatic carbocycles. The van der Waals surface area contributed by atoms with Gasteiger partial charge in [0.25, 0.3) is 0 Å². The van der Waals surface area contributed by atoms with Crippen LogP contribution in [0.25, 0.3) is 72.1 Å². The van der Waals surface area contributed by atoms with Gasteiger partial charge >= 0.3 is 0 Å². The molecule has 0 aliphatic rings. The molecular weight excluding hydrogens is 534 g/mol. The number of fused-ring (bicyclic) bond motifs is 2. The minimum absolute atomic E-state index is 0.707. The molecule has 1 aromatic heterocycles. The van der Waals surface area contributed by atoms with Crippen LogP contribution in [0.15, 0.2) is 158 Å². The second kappa shape index (κ2) is 11.8. The maximum absolute atomic E-state index is 5.95. The monoisotopic (exact) mass is 565 g/mol. The Kier molecular flexibility index (Phi) is 7.27. The fourth-order valence-corrected chi connectivity index (χ4v) is 5.89. The predicted molar refractivity (Wildman–Crippen MR) is 186 cm³/mol. The quantitative estimate of drug-likeness (QED) is 0.204. The summed E-state index contributed by atoms with van der Waals surface area (Å²) in [6.45, 7) is 2.00. The van der Waals surface area contributed by atoms with E-state index in [0.717, 1.165) is 61.1 Å². The Morgan fingerprint density at radius 2 is 1.11 bits per heavy atom. The third-order valence-electron chi connectivity index (χ3n) is 8.04. The standard InChI is InChI=1S/C41H31N3/c1-2-11-34(27-42)32-18-7-16-30(24-32)31-17-8-19-33(25-31)39-26-40(37-22-9-14-28-12-3-5-20-35(28)37)44-41(43-39)38-23-10-15-29-13-4-6-21-36(29)38/h2-27H,42H2,1H3/b11-2-,34-27+. The number of aromatic nitrogens is 2. The zero-order valence-electron chi connectivity index (χ0n) is 24.5. The van der Waals surface area contributed by atoms with Gasteiger partial charge in [0.15, 0.2) is 5.82 Å². The number of nitrogens with zero attached hydrogens (tertiary/aromatic N) is 2. The Morgan fingerprint density at radius 3 is 1.84 bits per heavy atom. The van der Waals surface area contributed by atoms with Crippen LogP contribution in [0.3, 0.4) is 0 Å². The van der Waals surface area contributed by atoms with Crippen molar-refractivity contribution >= 4 is 27.1 Å². The van der Waals surface area contributed by atoms with E-state index in [1.807, 2.05) is 19.1 Å². The summed E-state index contributed by atoms with van der Waals surface area (Å²) in [5.41, 5.74) is 15.1.